The summed E-state index contributed by atoms with van der Waals surface area (Å²) in [6.07, 6.45) is 2.09. The zero-order valence-electron chi connectivity index (χ0n) is 20.4. The first-order valence-electron chi connectivity index (χ1n) is 11.3. The molecule has 32 heavy (non-hydrogen) atoms. The van der Waals surface area contributed by atoms with Crippen molar-refractivity contribution in [3.8, 4) is 0 Å². The van der Waals surface area contributed by atoms with E-state index in [0.29, 0.717) is 39.6 Å². The molecule has 0 aliphatic carbocycles. The first kappa shape index (κ1) is 34.3. The predicted molar refractivity (Wildman–Crippen MR) is 155 cm³/mol. The van der Waals surface area contributed by atoms with Crippen LogP contribution in [0.4, 0.5) is 0 Å². The summed E-state index contributed by atoms with van der Waals surface area (Å²) < 4.78 is 35.4. The second kappa shape index (κ2) is 23.7. The highest BCUT2D eigenvalue weighted by molar-refractivity contribution is 9.41. The van der Waals surface area contributed by atoms with Gasteiger partial charge in [-0.3, -0.25) is 0 Å². The Hall–Kier alpha value is 2.29. The topological polar surface area (TPSA) is 55.4 Å². The summed E-state index contributed by atoms with van der Waals surface area (Å²) in [7, 11) is 6.11. The molecular formula is C18H42O6S6Si2. The van der Waals surface area contributed by atoms with Gasteiger partial charge in [0.25, 0.3) is 0 Å². The predicted octanol–water partition coefficient (Wildman–Crippen LogP) is 7.84. The molecule has 6 nitrogen and oxygen atoms in total. The van der Waals surface area contributed by atoms with E-state index in [-0.39, 0.29) is 0 Å². The quantitative estimate of drug-likeness (QED) is 0.0581. The fraction of sp³-hybridized carbons (Fsp3) is 1.00. The second-order valence-electron chi connectivity index (χ2n) is 6.09. The number of hydrogen-bond acceptors (Lipinski definition) is 12. The largest absolute Gasteiger partial charge is 0.500 e. The zero-order valence-corrected chi connectivity index (χ0v) is 27.3. The highest BCUT2D eigenvalue weighted by Crippen LogP contribution is 2.52. The van der Waals surface area contributed by atoms with Gasteiger partial charge < -0.3 is 26.6 Å². The van der Waals surface area contributed by atoms with Crippen LogP contribution in [0.5, 0.6) is 0 Å². The zero-order chi connectivity index (χ0) is 24.0. The summed E-state index contributed by atoms with van der Waals surface area (Å²) >= 11 is 0. The summed E-state index contributed by atoms with van der Waals surface area (Å²) in [5, 5.41) is 0. The Morgan fingerprint density at radius 3 is 0.969 bits per heavy atom. The van der Waals surface area contributed by atoms with E-state index in [4.69, 9.17) is 26.6 Å². The van der Waals surface area contributed by atoms with E-state index in [1.54, 1.807) is 0 Å². The molecule has 0 atom stereocenters. The van der Waals surface area contributed by atoms with Crippen LogP contribution in [0.1, 0.15) is 54.4 Å². The van der Waals surface area contributed by atoms with Crippen molar-refractivity contribution < 1.29 is 26.6 Å². The normalized spacial score (nSPS) is 12.6. The maximum atomic E-state index is 5.91. The van der Waals surface area contributed by atoms with Gasteiger partial charge in [0.2, 0.25) is 0 Å². The third-order valence-electron chi connectivity index (χ3n) is 3.79. The Morgan fingerprint density at radius 1 is 0.438 bits per heavy atom. The van der Waals surface area contributed by atoms with Crippen molar-refractivity contribution in [2.45, 2.75) is 66.5 Å². The van der Waals surface area contributed by atoms with Crippen LogP contribution < -0.4 is 0 Å². The molecule has 0 aromatic carbocycles. The molecule has 0 rings (SSSR count). The van der Waals surface area contributed by atoms with Crippen LogP contribution in [-0.2, 0) is 26.6 Å². The minimum atomic E-state index is -2.49. The van der Waals surface area contributed by atoms with E-state index in [1.165, 1.54) is 0 Å². The average molecular weight is 603 g/mol. The van der Waals surface area contributed by atoms with Gasteiger partial charge in [-0.1, -0.05) is 21.6 Å². The van der Waals surface area contributed by atoms with Crippen molar-refractivity contribution >= 4 is 78.5 Å². The van der Waals surface area contributed by atoms with Crippen molar-refractivity contribution in [2.24, 2.45) is 0 Å². The Kier molecular flexibility index (Phi) is 25.4. The highest BCUT2D eigenvalue weighted by Gasteiger charge is 2.40. The first-order valence-corrected chi connectivity index (χ1v) is 23.0. The molecule has 0 N–H and O–H groups in total. The molecule has 0 aliphatic rings. The number of hydrogen-bond donors (Lipinski definition) is 0. The monoisotopic (exact) mass is 602 g/mol. The first-order chi connectivity index (χ1) is 15.6. The molecule has 0 unspecified atom stereocenters. The fourth-order valence-corrected chi connectivity index (χ4v) is 20.2. The van der Waals surface area contributed by atoms with Crippen molar-refractivity contribution in [1.82, 2.24) is 0 Å². The third kappa shape index (κ3) is 16.9. The lowest BCUT2D eigenvalue weighted by molar-refractivity contribution is 0.0704. The molecule has 0 aromatic rings. The molecule has 0 bridgehead atoms. The van der Waals surface area contributed by atoms with Crippen LogP contribution in [0.2, 0.25) is 12.1 Å². The van der Waals surface area contributed by atoms with Gasteiger partial charge in [-0.05, 0) is 93.7 Å². The van der Waals surface area contributed by atoms with E-state index < -0.39 is 17.6 Å². The summed E-state index contributed by atoms with van der Waals surface area (Å²) in [6, 6.07) is 1.77. The minimum Gasteiger partial charge on any atom is -0.374 e. The van der Waals surface area contributed by atoms with E-state index in [9.17, 15) is 0 Å². The van der Waals surface area contributed by atoms with Gasteiger partial charge in [-0.15, -0.1) is 0 Å². The van der Waals surface area contributed by atoms with Gasteiger partial charge in [0.1, 0.15) is 0 Å². The lowest BCUT2D eigenvalue weighted by Gasteiger charge is -2.28. The van der Waals surface area contributed by atoms with Crippen molar-refractivity contribution in [1.29, 1.82) is 0 Å². The molecule has 0 saturated carbocycles. The molecule has 0 aromatic heterocycles. The number of rotatable bonds is 25. The van der Waals surface area contributed by atoms with Gasteiger partial charge in [-0.25, -0.2) is 0 Å². The van der Waals surface area contributed by atoms with E-state index in [2.05, 4.69) is 0 Å². The van der Waals surface area contributed by atoms with Crippen LogP contribution in [-0.4, -0.2) is 68.8 Å². The van der Waals surface area contributed by atoms with Crippen LogP contribution >= 0.6 is 60.9 Å². The van der Waals surface area contributed by atoms with Crippen molar-refractivity contribution in [3.63, 3.8) is 0 Å². The summed E-state index contributed by atoms with van der Waals surface area (Å²) in [6.45, 7) is 15.9. The molecule has 194 valence electrons. The van der Waals surface area contributed by atoms with Gasteiger partial charge in [0, 0.05) is 63.2 Å². The van der Waals surface area contributed by atoms with E-state index >= 15 is 0 Å². The molecule has 0 radical (unpaired) electrons. The van der Waals surface area contributed by atoms with Gasteiger partial charge in [-0.2, -0.15) is 0 Å². The maximum Gasteiger partial charge on any atom is 0.500 e. The van der Waals surface area contributed by atoms with Crippen molar-refractivity contribution in [3.05, 3.63) is 0 Å². The van der Waals surface area contributed by atoms with Crippen LogP contribution in [0.15, 0.2) is 0 Å². The molecular weight excluding hydrogens is 561 g/mol. The SMILES string of the molecule is CCO[Si](CCCSSSSSSCCC[Si](OCC)(OCC)OCC)(OCC)OCC. The van der Waals surface area contributed by atoms with Gasteiger partial charge in [0.05, 0.1) is 0 Å². The second-order valence-corrected chi connectivity index (χ2v) is 21.3. The standard InChI is InChI=1S/C18H42O6S6Si2/c1-7-19-31(20-8-2,21-9-3)17-13-15-25-27-29-30-28-26-16-14-18-32(22-10-4,23-11-5)24-12-6/h7-18H2,1-6H3. The van der Waals surface area contributed by atoms with Crippen LogP contribution in [0.3, 0.4) is 0 Å². The molecule has 0 spiro atoms. The third-order valence-corrected chi connectivity index (χ3v) is 21.2. The van der Waals surface area contributed by atoms with Crippen LogP contribution in [0.25, 0.3) is 0 Å². The molecule has 0 aliphatic heterocycles. The Labute approximate surface area is 221 Å². The molecule has 0 fully saturated rings. The Morgan fingerprint density at radius 2 is 0.719 bits per heavy atom. The lowest BCUT2D eigenvalue weighted by atomic mass is 10.6. The van der Waals surface area contributed by atoms with E-state index in [1.807, 2.05) is 102 Å². The Bertz CT molecular complexity index is 350. The summed E-state index contributed by atoms with van der Waals surface area (Å²) in [5.41, 5.74) is 0. The van der Waals surface area contributed by atoms with E-state index in [0.717, 1.165) is 36.4 Å². The average Bonchev–Trinajstić information content (AvgIpc) is 2.76. The summed E-state index contributed by atoms with van der Waals surface area (Å²) in [4.78, 5) is 0. The fourth-order valence-electron chi connectivity index (χ4n) is 2.83. The summed E-state index contributed by atoms with van der Waals surface area (Å²) in [5.74, 6) is 2.13. The van der Waals surface area contributed by atoms with Gasteiger partial charge in [0.15, 0.2) is 0 Å². The highest BCUT2D eigenvalue weighted by atomic mass is 33.9. The molecule has 0 saturated heterocycles. The van der Waals surface area contributed by atoms with Crippen LogP contribution in [0, 0.1) is 0 Å². The van der Waals surface area contributed by atoms with Gasteiger partial charge >= 0.3 is 17.6 Å². The lowest BCUT2D eigenvalue weighted by Crippen LogP contribution is -2.46. The Balaban J connectivity index is 3.85. The van der Waals surface area contributed by atoms with Crippen molar-refractivity contribution in [2.75, 3.05) is 51.1 Å². The minimum absolute atomic E-state index is 0.640. The molecule has 0 heterocycles. The maximum absolute atomic E-state index is 5.91. The molecule has 0 amide bonds. The molecule has 14 heteroatoms. The smallest absolute Gasteiger partial charge is 0.374 e.